The van der Waals surface area contributed by atoms with E-state index in [1.54, 1.807) is 20.8 Å². The van der Waals surface area contributed by atoms with Gasteiger partial charge in [0.05, 0.1) is 18.1 Å². The van der Waals surface area contributed by atoms with E-state index in [-0.39, 0.29) is 12.0 Å². The smallest absolute Gasteiger partial charge is 0.310 e. The van der Waals surface area contributed by atoms with Crippen molar-refractivity contribution in [2.75, 3.05) is 7.05 Å². The molecule has 0 aromatic rings. The number of ether oxygens (including phenoxy) is 1. The van der Waals surface area contributed by atoms with Crippen LogP contribution < -0.4 is 0 Å². The lowest BCUT2D eigenvalue weighted by Gasteiger charge is -2.19. The van der Waals surface area contributed by atoms with Crippen molar-refractivity contribution >= 4 is 11.9 Å². The first-order chi connectivity index (χ1) is 11.0. The van der Waals surface area contributed by atoms with Gasteiger partial charge in [-0.25, -0.2) is 0 Å². The van der Waals surface area contributed by atoms with E-state index < -0.39 is 17.5 Å². The molecule has 0 aliphatic rings. The Kier molecular flexibility index (Phi) is 8.62. The summed E-state index contributed by atoms with van der Waals surface area (Å²) in [7, 11) is 1.34. The van der Waals surface area contributed by atoms with Gasteiger partial charge in [0.1, 0.15) is 5.60 Å². The molecule has 0 saturated heterocycles. The average Bonchev–Trinajstić information content (AvgIpc) is 2.47. The SMILES string of the molecule is C=C(/C=C(/C#N)C(=C)/C(=C/C(F)=NC)CC)CC(=O)OC(C)(C)C. The fourth-order valence-corrected chi connectivity index (χ4v) is 1.79. The number of nitriles is 1. The topological polar surface area (TPSA) is 62.5 Å². The second-order valence-corrected chi connectivity index (χ2v) is 6.14. The van der Waals surface area contributed by atoms with Gasteiger partial charge in [-0.1, -0.05) is 20.1 Å². The highest BCUT2D eigenvalue weighted by molar-refractivity contribution is 5.88. The van der Waals surface area contributed by atoms with Crippen LogP contribution in [0.5, 0.6) is 0 Å². The van der Waals surface area contributed by atoms with E-state index >= 15 is 0 Å². The minimum atomic E-state index is -0.641. The van der Waals surface area contributed by atoms with Crippen LogP contribution >= 0.6 is 0 Å². The number of allylic oxidation sites excluding steroid dienone is 5. The second kappa shape index (κ2) is 9.61. The third-order valence-electron chi connectivity index (χ3n) is 2.86. The Morgan fingerprint density at radius 2 is 1.92 bits per heavy atom. The molecule has 0 atom stereocenters. The summed E-state index contributed by atoms with van der Waals surface area (Å²) in [6.07, 6.45) is 3.16. The monoisotopic (exact) mass is 332 g/mol. The Balaban J connectivity index is 5.26. The zero-order valence-electron chi connectivity index (χ0n) is 15.1. The van der Waals surface area contributed by atoms with E-state index in [2.05, 4.69) is 18.2 Å². The maximum atomic E-state index is 13.3. The van der Waals surface area contributed by atoms with Crippen LogP contribution in [0.4, 0.5) is 4.39 Å². The zero-order chi connectivity index (χ0) is 18.9. The summed E-state index contributed by atoms with van der Waals surface area (Å²) in [6, 6.07) is 2.01. The van der Waals surface area contributed by atoms with Gasteiger partial charge in [0, 0.05) is 7.05 Å². The van der Waals surface area contributed by atoms with E-state index in [0.29, 0.717) is 23.1 Å². The molecule has 0 aliphatic heterocycles. The predicted molar refractivity (Wildman–Crippen MR) is 95.3 cm³/mol. The molecule has 4 nitrogen and oxygen atoms in total. The van der Waals surface area contributed by atoms with Crippen molar-refractivity contribution in [1.82, 2.24) is 0 Å². The molecule has 0 aromatic carbocycles. The van der Waals surface area contributed by atoms with Crippen LogP contribution in [0.25, 0.3) is 0 Å². The summed E-state index contributed by atoms with van der Waals surface area (Å²) < 4.78 is 18.5. The molecular weight excluding hydrogens is 307 g/mol. The van der Waals surface area contributed by atoms with E-state index in [0.717, 1.165) is 0 Å². The summed E-state index contributed by atoms with van der Waals surface area (Å²) in [5.41, 5.74) is 0.986. The first-order valence-corrected chi connectivity index (χ1v) is 7.58. The van der Waals surface area contributed by atoms with E-state index in [1.165, 1.54) is 19.2 Å². The molecule has 0 amide bonds. The van der Waals surface area contributed by atoms with E-state index in [9.17, 15) is 14.4 Å². The minimum absolute atomic E-state index is 0.0360. The van der Waals surface area contributed by atoms with E-state index in [4.69, 9.17) is 4.74 Å². The Hall–Kier alpha value is -2.48. The second-order valence-electron chi connectivity index (χ2n) is 6.14. The molecule has 0 fully saturated rings. The van der Waals surface area contributed by atoms with Gasteiger partial charge in [-0.15, -0.1) is 0 Å². The van der Waals surface area contributed by atoms with Crippen molar-refractivity contribution in [2.24, 2.45) is 4.99 Å². The highest BCUT2D eigenvalue weighted by atomic mass is 19.1. The molecule has 0 aliphatic carbocycles. The van der Waals surface area contributed by atoms with Gasteiger partial charge in [-0.05, 0) is 56.1 Å². The number of aliphatic imine (C=N–C) groups is 1. The maximum absolute atomic E-state index is 13.3. The van der Waals surface area contributed by atoms with Gasteiger partial charge in [-0.3, -0.25) is 9.79 Å². The Morgan fingerprint density at radius 3 is 2.33 bits per heavy atom. The van der Waals surface area contributed by atoms with Gasteiger partial charge in [0.15, 0.2) is 0 Å². The number of nitrogens with zero attached hydrogens (tertiary/aromatic N) is 2. The highest BCUT2D eigenvalue weighted by Crippen LogP contribution is 2.22. The molecule has 0 bridgehead atoms. The molecule has 24 heavy (non-hydrogen) atoms. The molecule has 0 rings (SSSR count). The molecule has 0 N–H and O–H groups in total. The van der Waals surface area contributed by atoms with Crippen LogP contribution in [0.15, 0.2) is 52.6 Å². The van der Waals surface area contributed by atoms with Crippen molar-refractivity contribution in [2.45, 2.75) is 46.1 Å². The number of hydrogen-bond acceptors (Lipinski definition) is 4. The lowest BCUT2D eigenvalue weighted by atomic mass is 9.96. The van der Waals surface area contributed by atoms with Crippen LogP contribution in [-0.4, -0.2) is 24.6 Å². The number of halogens is 1. The van der Waals surface area contributed by atoms with Gasteiger partial charge >= 0.3 is 5.97 Å². The lowest BCUT2D eigenvalue weighted by molar-refractivity contribution is -0.153. The Labute approximate surface area is 143 Å². The third-order valence-corrected chi connectivity index (χ3v) is 2.86. The van der Waals surface area contributed by atoms with Crippen molar-refractivity contribution in [1.29, 1.82) is 5.26 Å². The Bertz CT molecular complexity index is 641. The fraction of sp³-hybridized carbons (Fsp3) is 0.421. The molecule has 130 valence electrons. The molecule has 5 heteroatoms. The molecule has 0 aromatic heterocycles. The van der Waals surface area contributed by atoms with Crippen LogP contribution in [0.2, 0.25) is 0 Å². The number of esters is 1. The fourth-order valence-electron chi connectivity index (χ4n) is 1.79. The lowest BCUT2D eigenvalue weighted by Crippen LogP contribution is -2.23. The van der Waals surface area contributed by atoms with Crippen LogP contribution in [0, 0.1) is 11.3 Å². The van der Waals surface area contributed by atoms with Crippen LogP contribution in [0.3, 0.4) is 0 Å². The number of rotatable bonds is 7. The molecule has 0 heterocycles. The molecule has 0 saturated carbocycles. The molecule has 0 radical (unpaired) electrons. The summed E-state index contributed by atoms with van der Waals surface area (Å²) in [5, 5.41) is 9.31. The first kappa shape index (κ1) is 21.5. The van der Waals surface area contributed by atoms with Crippen molar-refractivity contribution < 1.29 is 13.9 Å². The quantitative estimate of drug-likeness (QED) is 0.296. The summed E-state index contributed by atoms with van der Waals surface area (Å²) >= 11 is 0. The zero-order valence-corrected chi connectivity index (χ0v) is 15.1. The van der Waals surface area contributed by atoms with Crippen LogP contribution in [-0.2, 0) is 9.53 Å². The number of carbonyl (C=O) groups excluding carboxylic acids is 1. The van der Waals surface area contributed by atoms with Gasteiger partial charge in [0.25, 0.3) is 0 Å². The third kappa shape index (κ3) is 8.23. The maximum Gasteiger partial charge on any atom is 0.310 e. The largest absolute Gasteiger partial charge is 0.460 e. The van der Waals surface area contributed by atoms with Gasteiger partial charge in [0.2, 0.25) is 5.97 Å². The van der Waals surface area contributed by atoms with Crippen molar-refractivity contribution in [3.8, 4) is 6.07 Å². The first-order valence-electron chi connectivity index (χ1n) is 7.58. The van der Waals surface area contributed by atoms with Gasteiger partial charge < -0.3 is 4.74 Å². The number of carbonyl (C=O) groups is 1. The average molecular weight is 332 g/mol. The number of hydrogen-bond donors (Lipinski definition) is 0. The molecule has 0 unspecified atom stereocenters. The summed E-state index contributed by atoms with van der Waals surface area (Å²) in [6.45, 7) is 14.7. The highest BCUT2D eigenvalue weighted by Gasteiger charge is 2.17. The van der Waals surface area contributed by atoms with Crippen LogP contribution in [0.1, 0.15) is 40.5 Å². The van der Waals surface area contributed by atoms with Crippen molar-refractivity contribution in [3.05, 3.63) is 47.6 Å². The summed E-state index contributed by atoms with van der Waals surface area (Å²) in [4.78, 5) is 15.2. The predicted octanol–water partition coefficient (Wildman–Crippen LogP) is 4.61. The standard InChI is InChI=1S/C19H25FN2O2/c1-8-15(11-17(20)22-7)14(3)16(12-21)9-13(2)10-18(23)24-19(4,5)6/h9,11H,2-3,8,10H2,1,4-7H3/b15-11+,16-9-,22-17?. The Morgan fingerprint density at radius 1 is 1.33 bits per heavy atom. The normalized spacial score (nSPS) is 13.3. The minimum Gasteiger partial charge on any atom is -0.460 e. The van der Waals surface area contributed by atoms with Crippen molar-refractivity contribution in [3.63, 3.8) is 0 Å². The van der Waals surface area contributed by atoms with Gasteiger partial charge in [-0.2, -0.15) is 9.65 Å². The summed E-state index contributed by atoms with van der Waals surface area (Å²) in [5.74, 6) is -1.07. The molecular formula is C19H25FN2O2. The molecule has 0 spiro atoms. The van der Waals surface area contributed by atoms with E-state index in [1.807, 2.05) is 13.0 Å².